The summed E-state index contributed by atoms with van der Waals surface area (Å²) in [7, 11) is 0. The molecule has 0 aliphatic carbocycles. The highest BCUT2D eigenvalue weighted by atomic mass is 16.2. The highest BCUT2D eigenvalue weighted by molar-refractivity contribution is 5.98. The maximum absolute atomic E-state index is 13.1. The molecule has 0 fully saturated rings. The molecule has 1 heterocycles. The van der Waals surface area contributed by atoms with Crippen molar-refractivity contribution in [3.63, 3.8) is 0 Å². The minimum Gasteiger partial charge on any atom is -0.331 e. The summed E-state index contributed by atoms with van der Waals surface area (Å²) in [5.41, 5.74) is 4.60. The van der Waals surface area contributed by atoms with E-state index in [1.807, 2.05) is 82.3 Å². The minimum atomic E-state index is -0.248. The molecule has 0 atom stereocenters. The molecular weight excluding hydrogens is 388 g/mol. The quantitative estimate of drug-likeness (QED) is 0.602. The number of para-hydroxylation sites is 1. The van der Waals surface area contributed by atoms with Crippen LogP contribution in [0.2, 0.25) is 0 Å². The van der Waals surface area contributed by atoms with Crippen molar-refractivity contribution in [2.24, 2.45) is 0 Å². The van der Waals surface area contributed by atoms with E-state index in [-0.39, 0.29) is 24.4 Å². The number of nitrogens with zero attached hydrogens (tertiary/aromatic N) is 3. The number of anilines is 1. The lowest BCUT2D eigenvalue weighted by molar-refractivity contribution is -0.136. The van der Waals surface area contributed by atoms with E-state index in [1.165, 1.54) is 0 Å². The van der Waals surface area contributed by atoms with Crippen molar-refractivity contribution < 1.29 is 9.59 Å². The number of carbonyl (C=O) groups is 2. The van der Waals surface area contributed by atoms with E-state index >= 15 is 0 Å². The Kier molecular flexibility index (Phi) is 6.90. The molecule has 0 saturated carbocycles. The standard InChI is InChI=1S/C25H30N4O2/c1-6-23(31)28(17(2)3)16-22(30)26-25-24(20-13-8-7-9-14-20)19(5)27-29(25)21-15-11-10-12-18(21)4/h7-15,17H,6,16H2,1-5H3,(H,26,30). The minimum absolute atomic E-state index is 0.00340. The molecule has 31 heavy (non-hydrogen) atoms. The van der Waals surface area contributed by atoms with Crippen LogP contribution in [0, 0.1) is 13.8 Å². The molecule has 6 nitrogen and oxygen atoms in total. The highest BCUT2D eigenvalue weighted by Crippen LogP contribution is 2.34. The molecule has 0 radical (unpaired) electrons. The summed E-state index contributed by atoms with van der Waals surface area (Å²) < 4.78 is 1.78. The van der Waals surface area contributed by atoms with Crippen LogP contribution in [0.25, 0.3) is 16.8 Å². The van der Waals surface area contributed by atoms with Gasteiger partial charge in [-0.25, -0.2) is 4.68 Å². The number of rotatable bonds is 7. The van der Waals surface area contributed by atoms with Crippen molar-refractivity contribution in [3.8, 4) is 16.8 Å². The predicted molar refractivity (Wildman–Crippen MR) is 124 cm³/mol. The average molecular weight is 419 g/mol. The fourth-order valence-corrected chi connectivity index (χ4v) is 3.66. The van der Waals surface area contributed by atoms with E-state index in [4.69, 9.17) is 5.10 Å². The maximum atomic E-state index is 13.1. The summed E-state index contributed by atoms with van der Waals surface area (Å²) in [6.07, 6.45) is 0.362. The van der Waals surface area contributed by atoms with Crippen LogP contribution in [-0.2, 0) is 9.59 Å². The van der Waals surface area contributed by atoms with Gasteiger partial charge in [0, 0.05) is 18.0 Å². The Morgan fingerprint density at radius 2 is 1.68 bits per heavy atom. The van der Waals surface area contributed by atoms with Gasteiger partial charge >= 0.3 is 0 Å². The van der Waals surface area contributed by atoms with Crippen molar-refractivity contribution >= 4 is 17.6 Å². The fourth-order valence-electron chi connectivity index (χ4n) is 3.66. The third-order valence-electron chi connectivity index (χ3n) is 5.28. The Balaban J connectivity index is 2.06. The van der Waals surface area contributed by atoms with Gasteiger partial charge in [-0.2, -0.15) is 5.10 Å². The van der Waals surface area contributed by atoms with Crippen LogP contribution in [0.5, 0.6) is 0 Å². The number of aromatic nitrogens is 2. The number of carbonyl (C=O) groups excluding carboxylic acids is 2. The first-order chi connectivity index (χ1) is 14.8. The highest BCUT2D eigenvalue weighted by Gasteiger charge is 2.23. The fraction of sp³-hybridized carbons (Fsp3) is 0.320. The normalized spacial score (nSPS) is 10.9. The Hall–Kier alpha value is -3.41. The predicted octanol–water partition coefficient (Wildman–Crippen LogP) is 4.74. The van der Waals surface area contributed by atoms with Crippen LogP contribution in [0.3, 0.4) is 0 Å². The third kappa shape index (κ3) is 4.85. The first kappa shape index (κ1) is 22.3. The molecule has 2 amide bonds. The zero-order chi connectivity index (χ0) is 22.5. The molecule has 0 saturated heterocycles. The van der Waals surface area contributed by atoms with Gasteiger partial charge in [0.1, 0.15) is 12.4 Å². The summed E-state index contributed by atoms with van der Waals surface area (Å²) in [5.74, 6) is 0.315. The number of nitrogens with one attached hydrogen (secondary N) is 1. The zero-order valence-corrected chi connectivity index (χ0v) is 18.8. The smallest absolute Gasteiger partial charge is 0.245 e. The van der Waals surface area contributed by atoms with E-state index in [0.717, 1.165) is 28.1 Å². The van der Waals surface area contributed by atoms with Crippen LogP contribution < -0.4 is 5.32 Å². The van der Waals surface area contributed by atoms with E-state index < -0.39 is 0 Å². The van der Waals surface area contributed by atoms with Crippen molar-refractivity contribution in [1.29, 1.82) is 0 Å². The second-order valence-corrected chi connectivity index (χ2v) is 7.89. The summed E-state index contributed by atoms with van der Waals surface area (Å²) >= 11 is 0. The SMILES string of the molecule is CCC(=O)N(CC(=O)Nc1c(-c2ccccc2)c(C)nn1-c1ccccc1C)C(C)C. The average Bonchev–Trinajstić information content (AvgIpc) is 3.07. The lowest BCUT2D eigenvalue weighted by Gasteiger charge is -2.26. The van der Waals surface area contributed by atoms with Crippen molar-refractivity contribution in [1.82, 2.24) is 14.7 Å². The van der Waals surface area contributed by atoms with Gasteiger partial charge in [0.05, 0.1) is 11.4 Å². The van der Waals surface area contributed by atoms with Crippen LogP contribution in [0.4, 0.5) is 5.82 Å². The second-order valence-electron chi connectivity index (χ2n) is 7.89. The maximum Gasteiger partial charge on any atom is 0.245 e. The van der Waals surface area contributed by atoms with Gasteiger partial charge in [0.2, 0.25) is 11.8 Å². The first-order valence-electron chi connectivity index (χ1n) is 10.6. The van der Waals surface area contributed by atoms with Gasteiger partial charge in [0.15, 0.2) is 0 Å². The molecule has 2 aromatic carbocycles. The summed E-state index contributed by atoms with van der Waals surface area (Å²) in [6.45, 7) is 9.58. The zero-order valence-electron chi connectivity index (χ0n) is 18.8. The van der Waals surface area contributed by atoms with Crippen molar-refractivity contribution in [3.05, 3.63) is 65.9 Å². The lowest BCUT2D eigenvalue weighted by Crippen LogP contribution is -2.42. The number of hydrogen-bond acceptors (Lipinski definition) is 3. The molecule has 0 spiro atoms. The van der Waals surface area contributed by atoms with E-state index in [2.05, 4.69) is 5.32 Å². The Labute approximate surface area is 183 Å². The van der Waals surface area contributed by atoms with E-state index in [1.54, 1.807) is 16.5 Å². The van der Waals surface area contributed by atoms with Crippen LogP contribution in [0.15, 0.2) is 54.6 Å². The van der Waals surface area contributed by atoms with Gasteiger partial charge < -0.3 is 10.2 Å². The van der Waals surface area contributed by atoms with Gasteiger partial charge in [0.25, 0.3) is 0 Å². The van der Waals surface area contributed by atoms with E-state index in [9.17, 15) is 9.59 Å². The third-order valence-corrected chi connectivity index (χ3v) is 5.28. The molecule has 1 N–H and O–H groups in total. The largest absolute Gasteiger partial charge is 0.331 e. The van der Waals surface area contributed by atoms with Crippen LogP contribution in [0.1, 0.15) is 38.4 Å². The van der Waals surface area contributed by atoms with Gasteiger partial charge in [-0.05, 0) is 44.9 Å². The number of benzene rings is 2. The number of hydrogen-bond donors (Lipinski definition) is 1. The molecule has 1 aromatic heterocycles. The van der Waals surface area contributed by atoms with Crippen molar-refractivity contribution in [2.75, 3.05) is 11.9 Å². The van der Waals surface area contributed by atoms with Gasteiger partial charge in [-0.1, -0.05) is 55.5 Å². The Morgan fingerprint density at radius 1 is 1.03 bits per heavy atom. The van der Waals surface area contributed by atoms with Crippen LogP contribution >= 0.6 is 0 Å². The second kappa shape index (κ2) is 9.60. The summed E-state index contributed by atoms with van der Waals surface area (Å²) in [6, 6.07) is 17.8. The molecule has 0 unspecified atom stereocenters. The topological polar surface area (TPSA) is 67.2 Å². The monoisotopic (exact) mass is 418 g/mol. The van der Waals surface area contributed by atoms with Crippen LogP contribution in [-0.4, -0.2) is 39.1 Å². The Bertz CT molecular complexity index is 1070. The van der Waals surface area contributed by atoms with Crippen molar-refractivity contribution in [2.45, 2.75) is 47.1 Å². The number of aryl methyl sites for hydroxylation is 2. The molecule has 0 aliphatic heterocycles. The molecule has 162 valence electrons. The van der Waals surface area contributed by atoms with E-state index in [0.29, 0.717) is 12.2 Å². The lowest BCUT2D eigenvalue weighted by atomic mass is 10.1. The molecular formula is C25H30N4O2. The molecule has 0 bridgehead atoms. The molecule has 0 aliphatic rings. The molecule has 3 aromatic rings. The van der Waals surface area contributed by atoms with Gasteiger partial charge in [-0.15, -0.1) is 0 Å². The molecule has 6 heteroatoms. The summed E-state index contributed by atoms with van der Waals surface area (Å²) in [4.78, 5) is 27.0. The van der Waals surface area contributed by atoms with Gasteiger partial charge in [-0.3, -0.25) is 9.59 Å². The Morgan fingerprint density at radius 3 is 2.29 bits per heavy atom. The summed E-state index contributed by atoms with van der Waals surface area (Å²) in [5, 5.41) is 7.81. The number of amides is 2. The first-order valence-corrected chi connectivity index (χ1v) is 10.6. The molecule has 3 rings (SSSR count).